The number of thiophene rings is 1. The molecule has 0 spiro atoms. The number of aromatic nitrogens is 4. The molecule has 0 radical (unpaired) electrons. The highest BCUT2D eigenvalue weighted by Gasteiger charge is 2.18. The third-order valence-electron chi connectivity index (χ3n) is 5.22. The van der Waals surface area contributed by atoms with E-state index in [9.17, 15) is 4.79 Å². The maximum atomic E-state index is 13.5. The van der Waals surface area contributed by atoms with Crippen molar-refractivity contribution in [1.29, 1.82) is 0 Å². The fourth-order valence-electron chi connectivity index (χ4n) is 3.81. The van der Waals surface area contributed by atoms with Gasteiger partial charge < -0.3 is 9.30 Å². The van der Waals surface area contributed by atoms with E-state index in [1.54, 1.807) is 30.8 Å². The Morgan fingerprint density at radius 1 is 1.07 bits per heavy atom. The Morgan fingerprint density at radius 2 is 1.90 bits per heavy atom. The summed E-state index contributed by atoms with van der Waals surface area (Å²) in [6, 6.07) is 13.9. The highest BCUT2D eigenvalue weighted by atomic mass is 32.1. The number of nitrogens with zero attached hydrogens (tertiary/aromatic N) is 4. The molecule has 5 aromatic rings. The molecule has 1 aromatic carbocycles. The predicted octanol–water partition coefficient (Wildman–Crippen LogP) is 4.22. The largest absolute Gasteiger partial charge is 0.497 e. The minimum Gasteiger partial charge on any atom is -0.497 e. The van der Waals surface area contributed by atoms with Crippen molar-refractivity contribution in [3.8, 4) is 5.75 Å². The van der Waals surface area contributed by atoms with Crippen LogP contribution in [0.4, 0.5) is 0 Å². The number of benzene rings is 1. The van der Waals surface area contributed by atoms with Gasteiger partial charge in [0.2, 0.25) is 0 Å². The van der Waals surface area contributed by atoms with Crippen LogP contribution in [-0.4, -0.2) is 26.4 Å². The normalized spacial score (nSPS) is 11.4. The molecule has 0 aliphatic heterocycles. The zero-order valence-electron chi connectivity index (χ0n) is 16.7. The topological polar surface area (TPSA) is 61.9 Å². The van der Waals surface area contributed by atoms with E-state index in [4.69, 9.17) is 4.74 Å². The Bertz CT molecular complexity index is 1420. The molecule has 0 aliphatic carbocycles. The predicted molar refractivity (Wildman–Crippen MR) is 120 cm³/mol. The minimum absolute atomic E-state index is 0.0896. The van der Waals surface area contributed by atoms with E-state index in [2.05, 4.69) is 33.7 Å². The van der Waals surface area contributed by atoms with Gasteiger partial charge in [0, 0.05) is 29.2 Å². The fraction of sp³-hybridized carbons (Fsp3) is 0.174. The third kappa shape index (κ3) is 3.17. The van der Waals surface area contributed by atoms with Gasteiger partial charge in [0.05, 0.1) is 30.1 Å². The second kappa shape index (κ2) is 7.42. The molecule has 0 saturated carbocycles. The summed E-state index contributed by atoms with van der Waals surface area (Å²) in [6.45, 7) is 3.08. The summed E-state index contributed by atoms with van der Waals surface area (Å²) < 4.78 is 10.1. The lowest BCUT2D eigenvalue weighted by Crippen LogP contribution is -2.25. The smallest absolute Gasteiger partial charge is 0.291 e. The molecule has 5 rings (SSSR count). The second-order valence-corrected chi connectivity index (χ2v) is 8.49. The van der Waals surface area contributed by atoms with Crippen molar-refractivity contribution >= 4 is 32.5 Å². The van der Waals surface area contributed by atoms with Crippen molar-refractivity contribution in [3.05, 3.63) is 87.4 Å². The van der Waals surface area contributed by atoms with E-state index in [0.29, 0.717) is 18.6 Å². The Balaban J connectivity index is 1.69. The maximum absolute atomic E-state index is 13.5. The van der Waals surface area contributed by atoms with Gasteiger partial charge in [0.15, 0.2) is 0 Å². The Labute approximate surface area is 177 Å². The molecule has 0 saturated heterocycles. The summed E-state index contributed by atoms with van der Waals surface area (Å²) in [4.78, 5) is 18.7. The maximum Gasteiger partial charge on any atom is 0.291 e. The first-order valence-corrected chi connectivity index (χ1v) is 10.5. The molecule has 0 atom stereocenters. The van der Waals surface area contributed by atoms with Crippen LogP contribution >= 0.6 is 11.3 Å². The molecular formula is C23H20N4O2S. The van der Waals surface area contributed by atoms with Gasteiger partial charge >= 0.3 is 0 Å². The quantitative estimate of drug-likeness (QED) is 0.430. The number of pyridine rings is 1. The summed E-state index contributed by atoms with van der Waals surface area (Å²) in [6.07, 6.45) is 5.27. The van der Waals surface area contributed by atoms with Gasteiger partial charge in [0.25, 0.3) is 5.56 Å². The van der Waals surface area contributed by atoms with Crippen LogP contribution in [-0.2, 0) is 13.1 Å². The van der Waals surface area contributed by atoms with Crippen LogP contribution in [0.2, 0.25) is 0 Å². The van der Waals surface area contributed by atoms with Crippen molar-refractivity contribution in [2.24, 2.45) is 0 Å². The lowest BCUT2D eigenvalue weighted by molar-refractivity contribution is 0.414. The van der Waals surface area contributed by atoms with E-state index in [1.807, 2.05) is 36.5 Å². The standard InChI is InChI=1S/C23H20N4O2S/c1-15-10-20-22(30-15)19-12-25-27(14-16-6-8-24-9-7-16)23(28)21(19)26(20)13-17-4-3-5-18(11-17)29-2/h3-12H,13-14H2,1-2H3. The molecule has 4 aromatic heterocycles. The van der Waals surface area contributed by atoms with Gasteiger partial charge in [-0.3, -0.25) is 9.78 Å². The minimum atomic E-state index is -0.0896. The van der Waals surface area contributed by atoms with E-state index in [0.717, 1.165) is 32.5 Å². The van der Waals surface area contributed by atoms with Crippen molar-refractivity contribution in [2.45, 2.75) is 20.0 Å². The van der Waals surface area contributed by atoms with Gasteiger partial charge in [-0.05, 0) is 48.4 Å². The lowest BCUT2D eigenvalue weighted by atomic mass is 10.2. The SMILES string of the molecule is COc1cccc(Cn2c3cc(C)sc3c3cnn(Cc4ccncc4)c(=O)c32)c1. The lowest BCUT2D eigenvalue weighted by Gasteiger charge is -2.10. The molecular weight excluding hydrogens is 396 g/mol. The van der Waals surface area contributed by atoms with Crippen molar-refractivity contribution in [2.75, 3.05) is 7.11 Å². The van der Waals surface area contributed by atoms with Gasteiger partial charge in [-0.15, -0.1) is 11.3 Å². The zero-order chi connectivity index (χ0) is 20.7. The monoisotopic (exact) mass is 416 g/mol. The van der Waals surface area contributed by atoms with Crippen LogP contribution in [0.5, 0.6) is 5.75 Å². The van der Waals surface area contributed by atoms with Crippen LogP contribution in [0.15, 0.2) is 65.8 Å². The summed E-state index contributed by atoms with van der Waals surface area (Å²) in [5, 5.41) is 5.37. The summed E-state index contributed by atoms with van der Waals surface area (Å²) in [5.74, 6) is 0.804. The number of rotatable bonds is 5. The third-order valence-corrected chi connectivity index (χ3v) is 6.29. The van der Waals surface area contributed by atoms with E-state index in [-0.39, 0.29) is 5.56 Å². The highest BCUT2D eigenvalue weighted by molar-refractivity contribution is 7.20. The molecule has 0 amide bonds. The van der Waals surface area contributed by atoms with Gasteiger partial charge in [-0.2, -0.15) is 5.10 Å². The highest BCUT2D eigenvalue weighted by Crippen LogP contribution is 2.34. The van der Waals surface area contributed by atoms with Crippen LogP contribution in [0.25, 0.3) is 21.1 Å². The second-order valence-electron chi connectivity index (χ2n) is 7.23. The molecule has 0 bridgehead atoms. The Morgan fingerprint density at radius 3 is 2.70 bits per heavy atom. The average molecular weight is 417 g/mol. The van der Waals surface area contributed by atoms with Crippen LogP contribution in [0.1, 0.15) is 16.0 Å². The van der Waals surface area contributed by atoms with Gasteiger partial charge in [0.1, 0.15) is 11.3 Å². The Hall–Kier alpha value is -3.45. The zero-order valence-corrected chi connectivity index (χ0v) is 17.5. The first-order chi connectivity index (χ1) is 14.6. The number of hydrogen-bond donors (Lipinski definition) is 0. The van der Waals surface area contributed by atoms with E-state index >= 15 is 0 Å². The number of fused-ring (bicyclic) bond motifs is 3. The molecule has 6 nitrogen and oxygen atoms in total. The molecule has 30 heavy (non-hydrogen) atoms. The van der Waals surface area contributed by atoms with Crippen LogP contribution in [0.3, 0.4) is 0 Å². The summed E-state index contributed by atoms with van der Waals surface area (Å²) in [7, 11) is 1.66. The van der Waals surface area contributed by atoms with E-state index in [1.165, 1.54) is 9.56 Å². The molecule has 0 fully saturated rings. The number of methoxy groups -OCH3 is 1. The molecule has 150 valence electrons. The number of aryl methyl sites for hydroxylation is 1. The van der Waals surface area contributed by atoms with Crippen molar-refractivity contribution < 1.29 is 4.74 Å². The fourth-order valence-corrected chi connectivity index (χ4v) is 4.84. The molecule has 7 heteroatoms. The first kappa shape index (κ1) is 18.6. The summed E-state index contributed by atoms with van der Waals surface area (Å²) in [5.41, 5.74) is 3.73. The summed E-state index contributed by atoms with van der Waals surface area (Å²) >= 11 is 1.70. The number of ether oxygens (including phenoxy) is 1. The molecule has 0 aliphatic rings. The van der Waals surface area contributed by atoms with Crippen LogP contribution < -0.4 is 10.3 Å². The Kier molecular flexibility index (Phi) is 4.59. The van der Waals surface area contributed by atoms with Crippen molar-refractivity contribution in [3.63, 3.8) is 0 Å². The van der Waals surface area contributed by atoms with Crippen LogP contribution in [0, 0.1) is 6.92 Å². The molecule has 0 N–H and O–H groups in total. The average Bonchev–Trinajstić information content (AvgIpc) is 3.27. The molecule has 0 unspecified atom stereocenters. The van der Waals surface area contributed by atoms with Gasteiger partial charge in [-0.1, -0.05) is 12.1 Å². The van der Waals surface area contributed by atoms with E-state index < -0.39 is 0 Å². The molecule has 4 heterocycles. The number of hydrogen-bond acceptors (Lipinski definition) is 5. The van der Waals surface area contributed by atoms with Gasteiger partial charge in [-0.25, -0.2) is 4.68 Å². The van der Waals surface area contributed by atoms with Crippen molar-refractivity contribution in [1.82, 2.24) is 19.3 Å². The first-order valence-electron chi connectivity index (χ1n) is 9.64.